The predicted octanol–water partition coefficient (Wildman–Crippen LogP) is 0.948. The van der Waals surface area contributed by atoms with Gasteiger partial charge in [0.2, 0.25) is 5.91 Å². The number of morpholine rings is 1. The van der Waals surface area contributed by atoms with E-state index in [9.17, 15) is 4.79 Å². The fourth-order valence-corrected chi connectivity index (χ4v) is 2.59. The Hall–Kier alpha value is -2.18. The maximum Gasteiger partial charge on any atom is 0.236 e. The lowest BCUT2D eigenvalue weighted by atomic mass is 10.0. The van der Waals surface area contributed by atoms with Gasteiger partial charge in [-0.3, -0.25) is 10.1 Å². The van der Waals surface area contributed by atoms with Crippen LogP contribution in [0.1, 0.15) is 17.3 Å². The molecule has 1 atom stereocenters. The number of hydrogen-bond donors (Lipinski definition) is 2. The zero-order valence-electron chi connectivity index (χ0n) is 12.4. The van der Waals surface area contributed by atoms with Crippen LogP contribution in [0.15, 0.2) is 42.9 Å². The minimum atomic E-state index is -0.0753. The average molecular weight is 300 g/mol. The number of nitrogens with zero attached hydrogens (tertiary/aromatic N) is 2. The summed E-state index contributed by atoms with van der Waals surface area (Å²) in [5.41, 5.74) is 2.04. The predicted molar refractivity (Wildman–Crippen MR) is 82.3 cm³/mol. The van der Waals surface area contributed by atoms with Gasteiger partial charge < -0.3 is 14.6 Å². The molecule has 2 N–H and O–H groups in total. The van der Waals surface area contributed by atoms with Crippen molar-refractivity contribution in [1.29, 1.82) is 0 Å². The molecule has 1 aliphatic rings. The van der Waals surface area contributed by atoms with Crippen molar-refractivity contribution in [2.45, 2.75) is 6.04 Å². The minimum Gasteiger partial charge on any atom is -0.378 e. The highest BCUT2D eigenvalue weighted by molar-refractivity contribution is 5.78. The van der Waals surface area contributed by atoms with Crippen LogP contribution in [0, 0.1) is 0 Å². The number of aromatic amines is 1. The van der Waals surface area contributed by atoms with E-state index in [1.807, 2.05) is 35.2 Å². The largest absolute Gasteiger partial charge is 0.378 e. The third-order valence-corrected chi connectivity index (χ3v) is 3.78. The van der Waals surface area contributed by atoms with E-state index in [1.54, 1.807) is 12.5 Å². The number of rotatable bonds is 5. The van der Waals surface area contributed by atoms with Gasteiger partial charge in [-0.25, -0.2) is 4.98 Å². The Morgan fingerprint density at radius 2 is 2.09 bits per heavy atom. The molecule has 1 unspecified atom stereocenters. The van der Waals surface area contributed by atoms with Crippen LogP contribution >= 0.6 is 0 Å². The number of imidazole rings is 1. The molecular formula is C16H20N4O2. The number of aromatic nitrogens is 2. The molecule has 0 saturated carbocycles. The second kappa shape index (κ2) is 7.20. The number of amides is 1. The zero-order chi connectivity index (χ0) is 15.2. The maximum absolute atomic E-state index is 12.3. The Labute approximate surface area is 129 Å². The fraction of sp³-hybridized carbons (Fsp3) is 0.375. The summed E-state index contributed by atoms with van der Waals surface area (Å²) in [6.45, 7) is 2.86. The van der Waals surface area contributed by atoms with Crippen molar-refractivity contribution < 1.29 is 9.53 Å². The van der Waals surface area contributed by atoms with Gasteiger partial charge in [0.1, 0.15) is 0 Å². The summed E-state index contributed by atoms with van der Waals surface area (Å²) in [6, 6.07) is 9.96. The van der Waals surface area contributed by atoms with E-state index in [1.165, 1.54) is 0 Å². The lowest BCUT2D eigenvalue weighted by Gasteiger charge is -2.28. The Bertz CT molecular complexity index is 579. The van der Waals surface area contributed by atoms with Crippen LogP contribution in [-0.2, 0) is 9.53 Å². The van der Waals surface area contributed by atoms with E-state index >= 15 is 0 Å². The number of nitrogens with one attached hydrogen (secondary N) is 2. The highest BCUT2D eigenvalue weighted by atomic mass is 16.5. The molecule has 0 bridgehead atoms. The summed E-state index contributed by atoms with van der Waals surface area (Å²) in [5.74, 6) is 0.101. The van der Waals surface area contributed by atoms with Gasteiger partial charge in [0.25, 0.3) is 0 Å². The van der Waals surface area contributed by atoms with E-state index in [0.29, 0.717) is 32.8 Å². The molecule has 0 aliphatic carbocycles. The first-order valence-electron chi connectivity index (χ1n) is 7.47. The highest BCUT2D eigenvalue weighted by Gasteiger charge is 2.20. The molecular weight excluding hydrogens is 280 g/mol. The van der Waals surface area contributed by atoms with Gasteiger partial charge in [0, 0.05) is 19.3 Å². The van der Waals surface area contributed by atoms with Gasteiger partial charge in [-0.1, -0.05) is 30.3 Å². The van der Waals surface area contributed by atoms with Gasteiger partial charge in [-0.05, 0) is 5.56 Å². The molecule has 1 aliphatic heterocycles. The molecule has 1 fully saturated rings. The molecule has 6 nitrogen and oxygen atoms in total. The van der Waals surface area contributed by atoms with Crippen LogP contribution < -0.4 is 5.32 Å². The summed E-state index contributed by atoms with van der Waals surface area (Å²) in [5, 5.41) is 3.33. The molecule has 116 valence electrons. The van der Waals surface area contributed by atoms with E-state index in [4.69, 9.17) is 4.74 Å². The Kier molecular flexibility index (Phi) is 4.82. The summed E-state index contributed by atoms with van der Waals surface area (Å²) in [4.78, 5) is 21.3. The van der Waals surface area contributed by atoms with E-state index < -0.39 is 0 Å². The number of H-pyrrole nitrogens is 1. The van der Waals surface area contributed by atoms with Crippen LogP contribution in [0.3, 0.4) is 0 Å². The molecule has 0 spiro atoms. The fourth-order valence-electron chi connectivity index (χ4n) is 2.59. The first kappa shape index (κ1) is 14.7. The number of carbonyl (C=O) groups is 1. The van der Waals surface area contributed by atoms with Gasteiger partial charge >= 0.3 is 0 Å². The normalized spacial score (nSPS) is 16.5. The standard InChI is InChI=1S/C16H20N4O2/c21-15(20-6-8-22-9-7-20)11-18-16(14-10-17-12-19-14)13-4-2-1-3-5-13/h1-5,10,12,16,18H,6-9,11H2,(H,17,19). The molecule has 2 heterocycles. The summed E-state index contributed by atoms with van der Waals surface area (Å²) >= 11 is 0. The molecule has 2 aromatic rings. The van der Waals surface area contributed by atoms with Gasteiger partial charge in [0.05, 0.1) is 37.8 Å². The number of benzene rings is 1. The molecule has 1 amide bonds. The van der Waals surface area contributed by atoms with Crippen LogP contribution in [-0.4, -0.2) is 53.6 Å². The van der Waals surface area contributed by atoms with Gasteiger partial charge in [-0.15, -0.1) is 0 Å². The minimum absolute atomic E-state index is 0.0753. The maximum atomic E-state index is 12.3. The third-order valence-electron chi connectivity index (χ3n) is 3.78. The Morgan fingerprint density at radius 3 is 2.77 bits per heavy atom. The summed E-state index contributed by atoms with van der Waals surface area (Å²) in [6.07, 6.45) is 3.43. The molecule has 0 radical (unpaired) electrons. The average Bonchev–Trinajstić information content (AvgIpc) is 3.11. The number of hydrogen-bond acceptors (Lipinski definition) is 4. The molecule has 3 rings (SSSR count). The van der Waals surface area contributed by atoms with Crippen molar-refractivity contribution in [2.24, 2.45) is 0 Å². The van der Waals surface area contributed by atoms with Gasteiger partial charge in [-0.2, -0.15) is 0 Å². The van der Waals surface area contributed by atoms with Crippen molar-refractivity contribution in [3.05, 3.63) is 54.1 Å². The zero-order valence-corrected chi connectivity index (χ0v) is 12.4. The van der Waals surface area contributed by atoms with Crippen LogP contribution in [0.4, 0.5) is 0 Å². The lowest BCUT2D eigenvalue weighted by molar-refractivity contribution is -0.134. The number of ether oxygens (including phenoxy) is 1. The molecule has 1 aromatic heterocycles. The van der Waals surface area contributed by atoms with Crippen molar-refractivity contribution in [3.8, 4) is 0 Å². The summed E-state index contributed by atoms with van der Waals surface area (Å²) < 4.78 is 5.28. The Morgan fingerprint density at radius 1 is 1.32 bits per heavy atom. The first-order valence-corrected chi connectivity index (χ1v) is 7.47. The highest BCUT2D eigenvalue weighted by Crippen LogP contribution is 2.19. The molecule has 22 heavy (non-hydrogen) atoms. The monoisotopic (exact) mass is 300 g/mol. The molecule has 1 aromatic carbocycles. The third kappa shape index (κ3) is 3.52. The number of carbonyl (C=O) groups excluding carboxylic acids is 1. The van der Waals surface area contributed by atoms with E-state index in [2.05, 4.69) is 15.3 Å². The lowest BCUT2D eigenvalue weighted by Crippen LogP contribution is -2.45. The summed E-state index contributed by atoms with van der Waals surface area (Å²) in [7, 11) is 0. The second-order valence-electron chi connectivity index (χ2n) is 5.22. The SMILES string of the molecule is O=C(CNC(c1ccccc1)c1cnc[nH]1)N1CCOCC1. The van der Waals surface area contributed by atoms with Crippen molar-refractivity contribution in [1.82, 2.24) is 20.2 Å². The quantitative estimate of drug-likeness (QED) is 0.862. The Balaban J connectivity index is 1.67. The molecule has 1 saturated heterocycles. The first-order chi connectivity index (χ1) is 10.8. The smallest absolute Gasteiger partial charge is 0.236 e. The van der Waals surface area contributed by atoms with Crippen molar-refractivity contribution in [2.75, 3.05) is 32.8 Å². The van der Waals surface area contributed by atoms with Crippen LogP contribution in [0.5, 0.6) is 0 Å². The topological polar surface area (TPSA) is 70.2 Å². The van der Waals surface area contributed by atoms with Crippen molar-refractivity contribution in [3.63, 3.8) is 0 Å². The van der Waals surface area contributed by atoms with Crippen molar-refractivity contribution >= 4 is 5.91 Å². The van der Waals surface area contributed by atoms with Crippen LogP contribution in [0.2, 0.25) is 0 Å². The van der Waals surface area contributed by atoms with E-state index in [0.717, 1.165) is 11.3 Å². The van der Waals surface area contributed by atoms with E-state index in [-0.39, 0.29) is 11.9 Å². The second-order valence-corrected chi connectivity index (χ2v) is 5.22. The van der Waals surface area contributed by atoms with Gasteiger partial charge in [0.15, 0.2) is 0 Å². The van der Waals surface area contributed by atoms with Crippen LogP contribution in [0.25, 0.3) is 0 Å². The molecule has 6 heteroatoms.